The van der Waals surface area contributed by atoms with Crippen LogP contribution in [0.25, 0.3) is 0 Å². The third-order valence-corrected chi connectivity index (χ3v) is 2.96. The molecule has 0 aromatic carbocycles. The van der Waals surface area contributed by atoms with E-state index in [-0.39, 0.29) is 24.5 Å². The van der Waals surface area contributed by atoms with Crippen LogP contribution >= 0.6 is 0 Å². The molecule has 1 saturated heterocycles. The SMILES string of the molecule is C#CC(CC)NC(=O)N1CCCC1CC(=O)O. The molecular formula is C12H18N2O3. The third-order valence-electron chi connectivity index (χ3n) is 2.96. The number of rotatable bonds is 4. The van der Waals surface area contributed by atoms with Crippen molar-refractivity contribution in [2.75, 3.05) is 6.54 Å². The third kappa shape index (κ3) is 3.66. The summed E-state index contributed by atoms with van der Waals surface area (Å²) in [5.41, 5.74) is 0. The number of carbonyl (C=O) groups is 2. The molecule has 0 saturated carbocycles. The molecule has 1 aliphatic rings. The first-order valence-electron chi connectivity index (χ1n) is 5.83. The average molecular weight is 238 g/mol. The maximum absolute atomic E-state index is 11.9. The molecular weight excluding hydrogens is 220 g/mol. The predicted molar refractivity (Wildman–Crippen MR) is 63.4 cm³/mol. The van der Waals surface area contributed by atoms with E-state index in [9.17, 15) is 9.59 Å². The van der Waals surface area contributed by atoms with Crippen LogP contribution in [0, 0.1) is 12.3 Å². The summed E-state index contributed by atoms with van der Waals surface area (Å²) in [7, 11) is 0. The molecule has 1 aliphatic heterocycles. The van der Waals surface area contributed by atoms with Crippen molar-refractivity contribution in [2.45, 2.75) is 44.7 Å². The summed E-state index contributed by atoms with van der Waals surface area (Å²) in [4.78, 5) is 24.1. The van der Waals surface area contributed by atoms with Gasteiger partial charge in [0.25, 0.3) is 0 Å². The first-order valence-corrected chi connectivity index (χ1v) is 5.83. The Bertz CT molecular complexity index is 335. The lowest BCUT2D eigenvalue weighted by Crippen LogP contribution is -2.46. The number of carboxylic acids is 1. The summed E-state index contributed by atoms with van der Waals surface area (Å²) >= 11 is 0. The molecule has 0 aromatic heterocycles. The molecule has 1 fully saturated rings. The van der Waals surface area contributed by atoms with Crippen LogP contribution in [-0.4, -0.2) is 40.6 Å². The van der Waals surface area contributed by atoms with E-state index in [2.05, 4.69) is 11.2 Å². The van der Waals surface area contributed by atoms with Gasteiger partial charge in [-0.2, -0.15) is 0 Å². The average Bonchev–Trinajstić information content (AvgIpc) is 2.72. The van der Waals surface area contributed by atoms with Crippen molar-refractivity contribution in [3.63, 3.8) is 0 Å². The van der Waals surface area contributed by atoms with E-state index in [1.807, 2.05) is 6.92 Å². The zero-order chi connectivity index (χ0) is 12.8. The second-order valence-corrected chi connectivity index (χ2v) is 4.16. The van der Waals surface area contributed by atoms with Crippen molar-refractivity contribution in [3.8, 4) is 12.3 Å². The molecule has 94 valence electrons. The fraction of sp³-hybridized carbons (Fsp3) is 0.667. The number of carboxylic acid groups (broad SMARTS) is 1. The van der Waals surface area contributed by atoms with Gasteiger partial charge < -0.3 is 15.3 Å². The van der Waals surface area contributed by atoms with Gasteiger partial charge in [-0.3, -0.25) is 4.79 Å². The molecule has 5 heteroatoms. The number of hydrogen-bond donors (Lipinski definition) is 2. The summed E-state index contributed by atoms with van der Waals surface area (Å²) in [6, 6.07) is -0.741. The van der Waals surface area contributed by atoms with Crippen molar-refractivity contribution in [3.05, 3.63) is 0 Å². The van der Waals surface area contributed by atoms with Crippen molar-refractivity contribution in [2.24, 2.45) is 0 Å². The first kappa shape index (κ1) is 13.4. The van der Waals surface area contributed by atoms with E-state index >= 15 is 0 Å². The fourth-order valence-electron chi connectivity index (χ4n) is 2.01. The number of terminal acetylenes is 1. The van der Waals surface area contributed by atoms with Crippen molar-refractivity contribution in [1.29, 1.82) is 0 Å². The number of urea groups is 1. The van der Waals surface area contributed by atoms with Crippen molar-refractivity contribution < 1.29 is 14.7 Å². The summed E-state index contributed by atoms with van der Waals surface area (Å²) < 4.78 is 0. The Balaban J connectivity index is 2.56. The largest absolute Gasteiger partial charge is 0.481 e. The maximum atomic E-state index is 11.9. The van der Waals surface area contributed by atoms with Crippen LogP contribution in [0.4, 0.5) is 4.79 Å². The minimum absolute atomic E-state index is 0.000263. The Morgan fingerprint density at radius 3 is 2.88 bits per heavy atom. The molecule has 0 aromatic rings. The van der Waals surface area contributed by atoms with Gasteiger partial charge in [0.05, 0.1) is 12.5 Å². The molecule has 2 atom stereocenters. The summed E-state index contributed by atoms with van der Waals surface area (Å²) in [6.07, 6.45) is 7.52. The van der Waals surface area contributed by atoms with E-state index in [1.54, 1.807) is 4.90 Å². The van der Waals surface area contributed by atoms with Crippen LogP contribution in [-0.2, 0) is 4.79 Å². The molecule has 1 rings (SSSR count). The number of nitrogens with zero attached hydrogens (tertiary/aromatic N) is 1. The minimum atomic E-state index is -0.876. The Labute approximate surface area is 101 Å². The van der Waals surface area contributed by atoms with Gasteiger partial charge in [0.1, 0.15) is 0 Å². The van der Waals surface area contributed by atoms with Crippen LogP contribution < -0.4 is 5.32 Å². The molecule has 2 unspecified atom stereocenters. The summed E-state index contributed by atoms with van der Waals surface area (Å²) in [5.74, 6) is 1.61. The normalized spacial score (nSPS) is 20.7. The van der Waals surface area contributed by atoms with Gasteiger partial charge in [0, 0.05) is 12.6 Å². The van der Waals surface area contributed by atoms with Gasteiger partial charge in [-0.05, 0) is 19.3 Å². The van der Waals surface area contributed by atoms with Gasteiger partial charge in [0.2, 0.25) is 0 Å². The highest BCUT2D eigenvalue weighted by molar-refractivity contribution is 5.77. The maximum Gasteiger partial charge on any atom is 0.318 e. The van der Waals surface area contributed by atoms with E-state index in [0.29, 0.717) is 13.0 Å². The van der Waals surface area contributed by atoms with E-state index in [1.165, 1.54) is 0 Å². The topological polar surface area (TPSA) is 69.6 Å². The second-order valence-electron chi connectivity index (χ2n) is 4.16. The highest BCUT2D eigenvalue weighted by Gasteiger charge is 2.30. The Hall–Kier alpha value is -1.70. The highest BCUT2D eigenvalue weighted by Crippen LogP contribution is 2.20. The number of carbonyl (C=O) groups excluding carboxylic acids is 1. The van der Waals surface area contributed by atoms with Gasteiger partial charge >= 0.3 is 12.0 Å². The molecule has 17 heavy (non-hydrogen) atoms. The quantitative estimate of drug-likeness (QED) is 0.719. The van der Waals surface area contributed by atoms with E-state index < -0.39 is 5.97 Å². The molecule has 0 bridgehead atoms. The Morgan fingerprint density at radius 1 is 1.65 bits per heavy atom. The van der Waals surface area contributed by atoms with Crippen LogP contribution in [0.15, 0.2) is 0 Å². The molecule has 1 heterocycles. The monoisotopic (exact) mass is 238 g/mol. The summed E-state index contributed by atoms with van der Waals surface area (Å²) in [6.45, 7) is 2.49. The summed E-state index contributed by atoms with van der Waals surface area (Å²) in [5, 5.41) is 11.5. The second kappa shape index (κ2) is 6.14. The van der Waals surface area contributed by atoms with E-state index in [4.69, 9.17) is 11.5 Å². The first-order chi connectivity index (χ1) is 8.08. The Kier molecular flexibility index (Phi) is 4.83. The van der Waals surface area contributed by atoms with Crippen LogP contribution in [0.1, 0.15) is 32.6 Å². The van der Waals surface area contributed by atoms with Gasteiger partial charge in [-0.1, -0.05) is 12.8 Å². The number of aliphatic carboxylic acids is 1. The highest BCUT2D eigenvalue weighted by atomic mass is 16.4. The lowest BCUT2D eigenvalue weighted by Gasteiger charge is -2.25. The van der Waals surface area contributed by atoms with Crippen molar-refractivity contribution in [1.82, 2.24) is 10.2 Å². The molecule has 0 radical (unpaired) electrons. The number of hydrogen-bond acceptors (Lipinski definition) is 2. The number of nitrogens with one attached hydrogen (secondary N) is 1. The zero-order valence-electron chi connectivity index (χ0n) is 9.98. The van der Waals surface area contributed by atoms with Crippen LogP contribution in [0.5, 0.6) is 0 Å². The van der Waals surface area contributed by atoms with Crippen LogP contribution in [0.3, 0.4) is 0 Å². The van der Waals surface area contributed by atoms with Gasteiger partial charge in [-0.25, -0.2) is 4.79 Å². The molecule has 2 amide bonds. The number of likely N-dealkylation sites (tertiary alicyclic amines) is 1. The molecule has 5 nitrogen and oxygen atoms in total. The van der Waals surface area contributed by atoms with Gasteiger partial charge in [0.15, 0.2) is 0 Å². The molecule has 0 spiro atoms. The lowest BCUT2D eigenvalue weighted by molar-refractivity contribution is -0.137. The van der Waals surface area contributed by atoms with Crippen LogP contribution in [0.2, 0.25) is 0 Å². The number of amides is 2. The predicted octanol–water partition coefficient (Wildman–Crippen LogP) is 1.05. The Morgan fingerprint density at radius 2 is 2.35 bits per heavy atom. The molecule has 2 N–H and O–H groups in total. The molecule has 0 aliphatic carbocycles. The van der Waals surface area contributed by atoms with E-state index in [0.717, 1.165) is 12.8 Å². The zero-order valence-corrected chi connectivity index (χ0v) is 9.98. The smallest absolute Gasteiger partial charge is 0.318 e. The standard InChI is InChI=1S/C12H18N2O3/c1-3-9(4-2)13-12(17)14-7-5-6-10(14)8-11(15)16/h1,9-10H,4-8H2,2H3,(H,13,17)(H,15,16). The lowest BCUT2D eigenvalue weighted by atomic mass is 10.1. The van der Waals surface area contributed by atoms with Gasteiger partial charge in [-0.15, -0.1) is 6.42 Å². The fourth-order valence-corrected chi connectivity index (χ4v) is 2.01. The van der Waals surface area contributed by atoms with Crippen molar-refractivity contribution >= 4 is 12.0 Å². The minimum Gasteiger partial charge on any atom is -0.481 e.